The fourth-order valence-corrected chi connectivity index (χ4v) is 4.77. The molecule has 0 bridgehead atoms. The molecule has 2 saturated heterocycles. The number of hydrogen-bond donors (Lipinski definition) is 1. The van der Waals surface area contributed by atoms with Crippen molar-refractivity contribution in [2.45, 2.75) is 44.6 Å². The lowest BCUT2D eigenvalue weighted by molar-refractivity contribution is 0.202. The van der Waals surface area contributed by atoms with Crippen molar-refractivity contribution in [1.82, 2.24) is 15.1 Å². The van der Waals surface area contributed by atoms with E-state index in [0.717, 1.165) is 24.9 Å². The van der Waals surface area contributed by atoms with Gasteiger partial charge in [-0.3, -0.25) is 0 Å². The molecular weight excluding hydrogens is 250 g/mol. The largest absolute Gasteiger partial charge is 0.335 e. The number of nitrogens with zero attached hydrogens (tertiary/aromatic N) is 2. The zero-order valence-corrected chi connectivity index (χ0v) is 12.4. The summed E-state index contributed by atoms with van der Waals surface area (Å²) in [6.45, 7) is 5.69. The first-order valence-corrected chi connectivity index (χ1v) is 8.59. The minimum absolute atomic E-state index is 0.216. The Bertz CT molecular complexity index is 370. The third-order valence-corrected chi connectivity index (χ3v) is 5.98. The van der Waals surface area contributed by atoms with Gasteiger partial charge in [0.15, 0.2) is 0 Å². The summed E-state index contributed by atoms with van der Waals surface area (Å²) >= 11 is 0. The van der Waals surface area contributed by atoms with Crippen molar-refractivity contribution in [1.29, 1.82) is 0 Å². The summed E-state index contributed by atoms with van der Waals surface area (Å²) < 4.78 is 0. The molecule has 20 heavy (non-hydrogen) atoms. The maximum Gasteiger partial charge on any atom is 0.317 e. The average Bonchev–Trinajstić information content (AvgIpc) is 3.01. The summed E-state index contributed by atoms with van der Waals surface area (Å²) in [5, 5.41) is 3.29. The van der Waals surface area contributed by atoms with E-state index in [0.29, 0.717) is 12.0 Å². The van der Waals surface area contributed by atoms with Gasteiger partial charge in [0.2, 0.25) is 0 Å². The van der Waals surface area contributed by atoms with Crippen molar-refractivity contribution in [2.24, 2.45) is 17.8 Å². The topological polar surface area (TPSA) is 35.6 Å². The summed E-state index contributed by atoms with van der Waals surface area (Å²) in [5.74, 6) is 2.35. The second kappa shape index (κ2) is 5.21. The molecule has 2 saturated carbocycles. The van der Waals surface area contributed by atoms with Crippen LogP contribution < -0.4 is 5.32 Å². The predicted molar refractivity (Wildman–Crippen MR) is 78.5 cm³/mol. The SMILES string of the molecule is O=C(NC1[C@H]2CCC[C@@H]12)N1CCC(CN2CCCC2)C1. The molecule has 4 nitrogen and oxygen atoms in total. The summed E-state index contributed by atoms with van der Waals surface area (Å²) in [7, 11) is 0. The number of urea groups is 1. The fraction of sp³-hybridized carbons (Fsp3) is 0.938. The normalized spacial score (nSPS) is 40.1. The van der Waals surface area contributed by atoms with Gasteiger partial charge in [0, 0.05) is 25.7 Å². The quantitative estimate of drug-likeness (QED) is 0.855. The molecule has 4 rings (SSSR count). The highest BCUT2D eigenvalue weighted by Crippen LogP contribution is 2.51. The second-order valence-corrected chi connectivity index (χ2v) is 7.34. The molecular formula is C16H27N3O. The number of fused-ring (bicyclic) bond motifs is 1. The molecule has 2 aliphatic carbocycles. The van der Waals surface area contributed by atoms with Gasteiger partial charge in [-0.05, 0) is 62.9 Å². The van der Waals surface area contributed by atoms with Gasteiger partial charge in [0.1, 0.15) is 0 Å². The number of amides is 2. The van der Waals surface area contributed by atoms with Crippen LogP contribution in [-0.2, 0) is 0 Å². The molecule has 0 aromatic carbocycles. The molecule has 0 spiro atoms. The summed E-state index contributed by atoms with van der Waals surface area (Å²) in [6, 6.07) is 0.738. The maximum absolute atomic E-state index is 12.3. The highest BCUT2D eigenvalue weighted by atomic mass is 16.2. The standard InChI is InChI=1S/C16H27N3O/c20-16(17-15-13-4-3-5-14(13)15)19-9-6-12(11-19)10-18-7-1-2-8-18/h12-15H,1-11H2,(H,17,20)/t12?,13-,14+,15?. The lowest BCUT2D eigenvalue weighted by Gasteiger charge is -2.21. The Labute approximate surface area is 121 Å². The van der Waals surface area contributed by atoms with E-state index in [1.807, 2.05) is 0 Å². The van der Waals surface area contributed by atoms with Crippen LogP contribution >= 0.6 is 0 Å². The third-order valence-electron chi connectivity index (χ3n) is 5.98. The molecule has 4 heteroatoms. The Morgan fingerprint density at radius 2 is 1.75 bits per heavy atom. The van der Waals surface area contributed by atoms with E-state index in [1.165, 1.54) is 58.2 Å². The summed E-state index contributed by atoms with van der Waals surface area (Å²) in [6.07, 6.45) is 7.98. The Kier molecular flexibility index (Phi) is 3.37. The minimum atomic E-state index is 0.216. The Balaban J connectivity index is 1.22. The molecule has 0 aromatic rings. The zero-order valence-electron chi connectivity index (χ0n) is 12.4. The van der Waals surface area contributed by atoms with Gasteiger partial charge in [-0.25, -0.2) is 4.79 Å². The summed E-state index contributed by atoms with van der Waals surface area (Å²) in [5.41, 5.74) is 0. The van der Waals surface area contributed by atoms with Crippen LogP contribution in [-0.4, -0.2) is 54.6 Å². The lowest BCUT2D eigenvalue weighted by Crippen LogP contribution is -2.41. The van der Waals surface area contributed by atoms with Crippen molar-refractivity contribution in [3.05, 3.63) is 0 Å². The van der Waals surface area contributed by atoms with E-state index in [-0.39, 0.29) is 6.03 Å². The van der Waals surface area contributed by atoms with Gasteiger partial charge in [-0.1, -0.05) is 6.42 Å². The van der Waals surface area contributed by atoms with E-state index in [2.05, 4.69) is 15.1 Å². The number of nitrogens with one attached hydrogen (secondary N) is 1. The number of carbonyl (C=O) groups excluding carboxylic acids is 1. The van der Waals surface area contributed by atoms with Gasteiger partial charge >= 0.3 is 6.03 Å². The number of hydrogen-bond acceptors (Lipinski definition) is 2. The van der Waals surface area contributed by atoms with E-state index < -0.39 is 0 Å². The minimum Gasteiger partial charge on any atom is -0.335 e. The van der Waals surface area contributed by atoms with Crippen molar-refractivity contribution in [3.63, 3.8) is 0 Å². The van der Waals surface area contributed by atoms with E-state index in [4.69, 9.17) is 0 Å². The molecule has 4 atom stereocenters. The molecule has 2 unspecified atom stereocenters. The Morgan fingerprint density at radius 3 is 2.50 bits per heavy atom. The molecule has 4 fully saturated rings. The van der Waals surface area contributed by atoms with E-state index in [9.17, 15) is 4.79 Å². The highest BCUT2D eigenvalue weighted by Gasteiger charge is 2.53. The molecule has 0 radical (unpaired) electrons. The third kappa shape index (κ3) is 2.43. The summed E-state index contributed by atoms with van der Waals surface area (Å²) in [4.78, 5) is 17.0. The molecule has 0 aromatic heterocycles. The molecule has 2 heterocycles. The van der Waals surface area contributed by atoms with Gasteiger partial charge in [0.25, 0.3) is 0 Å². The first-order chi connectivity index (χ1) is 9.81. The van der Waals surface area contributed by atoms with Gasteiger partial charge in [-0.15, -0.1) is 0 Å². The van der Waals surface area contributed by atoms with E-state index in [1.54, 1.807) is 0 Å². The van der Waals surface area contributed by atoms with Crippen molar-refractivity contribution in [3.8, 4) is 0 Å². The van der Waals surface area contributed by atoms with Crippen LogP contribution in [0.2, 0.25) is 0 Å². The van der Waals surface area contributed by atoms with Crippen LogP contribution in [0.25, 0.3) is 0 Å². The van der Waals surface area contributed by atoms with Crippen LogP contribution in [0.1, 0.15) is 38.5 Å². The predicted octanol–water partition coefficient (Wildman–Crippen LogP) is 1.91. The van der Waals surface area contributed by atoms with Crippen molar-refractivity contribution >= 4 is 6.03 Å². The van der Waals surface area contributed by atoms with Crippen LogP contribution in [0.3, 0.4) is 0 Å². The fourth-order valence-electron chi connectivity index (χ4n) is 4.77. The monoisotopic (exact) mass is 277 g/mol. The lowest BCUT2D eigenvalue weighted by atomic mass is 10.1. The number of likely N-dealkylation sites (tertiary alicyclic amines) is 2. The van der Waals surface area contributed by atoms with E-state index >= 15 is 0 Å². The van der Waals surface area contributed by atoms with Crippen LogP contribution in [0.4, 0.5) is 4.79 Å². The maximum atomic E-state index is 12.3. The molecule has 1 N–H and O–H groups in total. The number of rotatable bonds is 3. The van der Waals surface area contributed by atoms with Crippen LogP contribution in [0.5, 0.6) is 0 Å². The molecule has 2 amide bonds. The Morgan fingerprint density at radius 1 is 1.00 bits per heavy atom. The van der Waals surface area contributed by atoms with Crippen molar-refractivity contribution in [2.75, 3.05) is 32.7 Å². The first kappa shape index (κ1) is 12.9. The first-order valence-electron chi connectivity index (χ1n) is 8.59. The second-order valence-electron chi connectivity index (χ2n) is 7.34. The molecule has 2 aliphatic heterocycles. The van der Waals surface area contributed by atoms with Gasteiger partial charge in [0.05, 0.1) is 0 Å². The zero-order chi connectivity index (χ0) is 13.5. The number of carbonyl (C=O) groups is 1. The van der Waals surface area contributed by atoms with Crippen LogP contribution in [0, 0.1) is 17.8 Å². The highest BCUT2D eigenvalue weighted by molar-refractivity contribution is 5.75. The van der Waals surface area contributed by atoms with Gasteiger partial charge < -0.3 is 15.1 Å². The molecule has 4 aliphatic rings. The average molecular weight is 277 g/mol. The molecule has 112 valence electrons. The van der Waals surface area contributed by atoms with Crippen molar-refractivity contribution < 1.29 is 4.79 Å². The smallest absolute Gasteiger partial charge is 0.317 e. The van der Waals surface area contributed by atoms with Crippen LogP contribution in [0.15, 0.2) is 0 Å². The Hall–Kier alpha value is -0.770. The van der Waals surface area contributed by atoms with Gasteiger partial charge in [-0.2, -0.15) is 0 Å².